The van der Waals surface area contributed by atoms with Gasteiger partial charge in [-0.05, 0) is 13.2 Å². The molecule has 0 heterocycles. The molecule has 1 amide bonds. The van der Waals surface area contributed by atoms with Gasteiger partial charge in [0.25, 0.3) is 0 Å². The standard InChI is InChI=1S/C16H30N2O3S3/c1-4-5-6-7-18-16(19)14-20-10-11-21-15(2)24-23-13-9-17-8-12-22-3/h15,17H,4,7-14H2,1-3H3,(H,18,19). The van der Waals surface area contributed by atoms with Crippen LogP contribution in [0, 0.1) is 11.8 Å². The van der Waals surface area contributed by atoms with Gasteiger partial charge in [-0.25, -0.2) is 0 Å². The molecule has 0 saturated carbocycles. The first-order valence-electron chi connectivity index (χ1n) is 8.10. The molecule has 0 rings (SSSR count). The summed E-state index contributed by atoms with van der Waals surface area (Å²) in [5.74, 6) is 7.81. The second kappa shape index (κ2) is 19.3. The van der Waals surface area contributed by atoms with Crippen LogP contribution in [0.5, 0.6) is 0 Å². The van der Waals surface area contributed by atoms with Crippen LogP contribution in [0.1, 0.15) is 20.3 Å². The summed E-state index contributed by atoms with van der Waals surface area (Å²) in [5, 5.41) is 6.07. The zero-order chi connectivity index (χ0) is 17.9. The van der Waals surface area contributed by atoms with Gasteiger partial charge in [0, 0.05) is 31.0 Å². The van der Waals surface area contributed by atoms with Crippen LogP contribution in [-0.2, 0) is 14.3 Å². The molecule has 140 valence electrons. The molecule has 2 N–H and O–H groups in total. The topological polar surface area (TPSA) is 59.6 Å². The fourth-order valence-corrected chi connectivity index (χ4v) is 3.70. The van der Waals surface area contributed by atoms with Gasteiger partial charge in [0.2, 0.25) is 5.91 Å². The molecule has 8 heteroatoms. The molecule has 1 unspecified atom stereocenters. The van der Waals surface area contributed by atoms with E-state index in [1.165, 1.54) is 0 Å². The summed E-state index contributed by atoms with van der Waals surface area (Å²) in [7, 11) is 3.53. The summed E-state index contributed by atoms with van der Waals surface area (Å²) in [6.45, 7) is 7.42. The number of nitrogens with one attached hydrogen (secondary N) is 2. The van der Waals surface area contributed by atoms with Crippen molar-refractivity contribution < 1.29 is 14.3 Å². The molecule has 0 bridgehead atoms. The highest BCUT2D eigenvalue weighted by Crippen LogP contribution is 2.26. The Morgan fingerprint density at radius 2 is 2.00 bits per heavy atom. The Kier molecular flexibility index (Phi) is 19.3. The minimum atomic E-state index is -0.146. The first-order chi connectivity index (χ1) is 11.7. The van der Waals surface area contributed by atoms with Crippen molar-refractivity contribution in [2.75, 3.05) is 57.2 Å². The number of hydrogen-bond donors (Lipinski definition) is 2. The fraction of sp³-hybridized carbons (Fsp3) is 0.812. The average molecular weight is 395 g/mol. The van der Waals surface area contributed by atoms with Crippen molar-refractivity contribution in [1.29, 1.82) is 0 Å². The van der Waals surface area contributed by atoms with Crippen molar-refractivity contribution >= 4 is 39.3 Å². The molecule has 5 nitrogen and oxygen atoms in total. The van der Waals surface area contributed by atoms with Crippen molar-refractivity contribution in [1.82, 2.24) is 10.6 Å². The molecule has 0 radical (unpaired) electrons. The first kappa shape index (κ1) is 24.0. The summed E-state index contributed by atoms with van der Waals surface area (Å²) >= 11 is 1.85. The molecule has 1 atom stereocenters. The van der Waals surface area contributed by atoms with E-state index < -0.39 is 0 Å². The predicted octanol–water partition coefficient (Wildman–Crippen LogP) is 2.23. The largest absolute Gasteiger partial charge is 0.369 e. The van der Waals surface area contributed by atoms with Crippen LogP contribution in [0.3, 0.4) is 0 Å². The van der Waals surface area contributed by atoms with Gasteiger partial charge in [-0.3, -0.25) is 4.79 Å². The minimum Gasteiger partial charge on any atom is -0.369 e. The maximum atomic E-state index is 11.4. The quantitative estimate of drug-likeness (QED) is 0.191. The number of amides is 1. The molecule has 24 heavy (non-hydrogen) atoms. The van der Waals surface area contributed by atoms with E-state index in [0.29, 0.717) is 19.8 Å². The van der Waals surface area contributed by atoms with Gasteiger partial charge in [-0.1, -0.05) is 34.4 Å². The third-order valence-electron chi connectivity index (χ3n) is 2.54. The van der Waals surface area contributed by atoms with Crippen LogP contribution in [-0.4, -0.2) is 68.6 Å². The lowest BCUT2D eigenvalue weighted by Crippen LogP contribution is -2.28. The highest BCUT2D eigenvalue weighted by atomic mass is 33.1. The van der Waals surface area contributed by atoms with Gasteiger partial charge in [0.05, 0.1) is 19.8 Å². The molecule has 0 aromatic heterocycles. The summed E-state index contributed by atoms with van der Waals surface area (Å²) in [6, 6.07) is 0. The van der Waals surface area contributed by atoms with Crippen molar-refractivity contribution in [3.8, 4) is 11.8 Å². The molecule has 0 aliphatic heterocycles. The van der Waals surface area contributed by atoms with Gasteiger partial charge in [-0.2, -0.15) is 11.8 Å². The molecule has 0 spiro atoms. The maximum absolute atomic E-state index is 11.4. The third-order valence-corrected chi connectivity index (χ3v) is 5.79. The van der Waals surface area contributed by atoms with E-state index in [1.807, 2.05) is 25.6 Å². The van der Waals surface area contributed by atoms with Crippen molar-refractivity contribution in [3.63, 3.8) is 0 Å². The number of ether oxygens (including phenoxy) is 2. The molecule has 0 aliphatic rings. The number of carbonyl (C=O) groups excluding carboxylic acids is 1. The van der Waals surface area contributed by atoms with E-state index in [-0.39, 0.29) is 18.0 Å². The van der Waals surface area contributed by atoms with E-state index in [1.54, 1.807) is 21.6 Å². The Bertz CT molecular complexity index is 362. The van der Waals surface area contributed by atoms with Crippen molar-refractivity contribution in [2.45, 2.75) is 25.7 Å². The second-order valence-corrected chi connectivity index (χ2v) is 8.41. The Labute approximate surface area is 158 Å². The minimum absolute atomic E-state index is 0.0507. The van der Waals surface area contributed by atoms with Crippen LogP contribution in [0.25, 0.3) is 0 Å². The van der Waals surface area contributed by atoms with Gasteiger partial charge in [-0.15, -0.1) is 5.92 Å². The molecule has 0 saturated heterocycles. The van der Waals surface area contributed by atoms with Crippen LogP contribution in [0.2, 0.25) is 0 Å². The maximum Gasteiger partial charge on any atom is 0.246 e. The highest BCUT2D eigenvalue weighted by molar-refractivity contribution is 8.76. The second-order valence-electron chi connectivity index (χ2n) is 4.64. The molecule has 0 aliphatic carbocycles. The normalized spacial score (nSPS) is 11.6. The SMILES string of the molecule is CCC#CCNC(=O)COCCOC(C)SSCCNCCSC. The van der Waals surface area contributed by atoms with Crippen molar-refractivity contribution in [2.24, 2.45) is 0 Å². The Hall–Kier alpha value is -0.0400. The van der Waals surface area contributed by atoms with Gasteiger partial charge in [0.15, 0.2) is 0 Å². The summed E-state index contributed by atoms with van der Waals surface area (Å²) in [5.41, 5.74) is 0.114. The van der Waals surface area contributed by atoms with E-state index in [9.17, 15) is 4.79 Å². The first-order valence-corrected chi connectivity index (χ1v) is 11.9. The number of thioether (sulfide) groups is 1. The van der Waals surface area contributed by atoms with Gasteiger partial charge in [0.1, 0.15) is 12.0 Å². The molecule has 0 fully saturated rings. The monoisotopic (exact) mass is 394 g/mol. The van der Waals surface area contributed by atoms with E-state index in [0.717, 1.165) is 31.0 Å². The molecule has 0 aromatic rings. The van der Waals surface area contributed by atoms with Crippen LogP contribution in [0.15, 0.2) is 0 Å². The van der Waals surface area contributed by atoms with E-state index in [2.05, 4.69) is 28.7 Å². The lowest BCUT2D eigenvalue weighted by Gasteiger charge is -2.12. The smallest absolute Gasteiger partial charge is 0.246 e. The van der Waals surface area contributed by atoms with E-state index >= 15 is 0 Å². The zero-order valence-corrected chi connectivity index (χ0v) is 17.3. The lowest BCUT2D eigenvalue weighted by atomic mass is 10.4. The van der Waals surface area contributed by atoms with Crippen molar-refractivity contribution in [3.05, 3.63) is 0 Å². The van der Waals surface area contributed by atoms with E-state index in [4.69, 9.17) is 9.47 Å². The third kappa shape index (κ3) is 18.3. The summed E-state index contributed by atoms with van der Waals surface area (Å²) in [4.78, 5) is 11.4. The molecule has 0 aromatic carbocycles. The fourth-order valence-electron chi connectivity index (χ4n) is 1.40. The predicted molar refractivity (Wildman–Crippen MR) is 109 cm³/mol. The molecular formula is C16H30N2O3S3. The van der Waals surface area contributed by atoms with Crippen LogP contribution in [0.4, 0.5) is 0 Å². The summed E-state index contributed by atoms with van der Waals surface area (Å²) < 4.78 is 10.9. The Morgan fingerprint density at radius 1 is 1.21 bits per heavy atom. The van der Waals surface area contributed by atoms with Gasteiger partial charge >= 0.3 is 0 Å². The van der Waals surface area contributed by atoms with Crippen LogP contribution < -0.4 is 10.6 Å². The summed E-state index contributed by atoms with van der Waals surface area (Å²) in [6.07, 6.45) is 2.91. The zero-order valence-electron chi connectivity index (χ0n) is 14.9. The number of rotatable bonds is 15. The number of carbonyl (C=O) groups is 1. The van der Waals surface area contributed by atoms with Gasteiger partial charge < -0.3 is 20.1 Å². The average Bonchev–Trinajstić information content (AvgIpc) is 2.57. The lowest BCUT2D eigenvalue weighted by molar-refractivity contribution is -0.126. The van der Waals surface area contributed by atoms with Crippen LogP contribution >= 0.6 is 33.3 Å². The Morgan fingerprint density at radius 3 is 2.75 bits per heavy atom. The Balaban J connectivity index is 3.33. The highest BCUT2D eigenvalue weighted by Gasteiger charge is 2.04. The molecular weight excluding hydrogens is 364 g/mol. The number of hydrogen-bond acceptors (Lipinski definition) is 7.